The monoisotopic (exact) mass is 948 g/mol. The minimum Gasteiger partial charge on any atom is -0.493 e. The van der Waals surface area contributed by atoms with Crippen molar-refractivity contribution < 1.29 is 52.3 Å². The van der Waals surface area contributed by atoms with Gasteiger partial charge in [0.2, 0.25) is 17.5 Å². The first-order valence-corrected chi connectivity index (χ1v) is 23.2. The van der Waals surface area contributed by atoms with Gasteiger partial charge in [0, 0.05) is 12.1 Å². The first-order chi connectivity index (χ1) is 33.4. The number of amides is 2. The van der Waals surface area contributed by atoms with E-state index in [0.717, 1.165) is 24.0 Å². The molecule has 2 amide bonds. The van der Waals surface area contributed by atoms with Gasteiger partial charge in [0.15, 0.2) is 35.4 Å². The molecule has 0 bridgehead atoms. The fraction of sp³-hybridized carbons (Fsp3) is 0.442. The zero-order valence-electron chi connectivity index (χ0n) is 41.0. The molecule has 0 saturated carbocycles. The number of nitrogens with one attached hydrogen (secondary N) is 1. The largest absolute Gasteiger partial charge is 0.493 e. The van der Waals surface area contributed by atoms with Crippen LogP contribution in [0.15, 0.2) is 78.9 Å². The third-order valence-corrected chi connectivity index (χ3v) is 12.1. The Morgan fingerprint density at radius 1 is 0.754 bits per heavy atom. The average molecular weight is 949 g/mol. The van der Waals surface area contributed by atoms with Crippen molar-refractivity contribution in [1.29, 1.82) is 0 Å². The Balaban J connectivity index is 1.15. The Bertz CT molecular complexity index is 2460. The molecule has 0 radical (unpaired) electrons. The summed E-state index contributed by atoms with van der Waals surface area (Å²) in [4.78, 5) is 43.9. The van der Waals surface area contributed by atoms with Gasteiger partial charge in [-0.15, -0.1) is 20.4 Å². The van der Waals surface area contributed by atoms with Gasteiger partial charge in [0.05, 0.1) is 48.0 Å². The lowest BCUT2D eigenvalue weighted by atomic mass is 9.91. The van der Waals surface area contributed by atoms with Crippen molar-refractivity contribution in [3.8, 4) is 51.6 Å². The van der Waals surface area contributed by atoms with E-state index in [-0.39, 0.29) is 37.0 Å². The molecule has 0 spiro atoms. The van der Waals surface area contributed by atoms with Gasteiger partial charge in [-0.05, 0) is 129 Å². The van der Waals surface area contributed by atoms with E-state index in [9.17, 15) is 14.4 Å². The number of aromatic nitrogens is 4. The van der Waals surface area contributed by atoms with E-state index in [4.69, 9.17) is 37.9 Å². The summed E-state index contributed by atoms with van der Waals surface area (Å²) in [6.45, 7) is 8.07. The number of ether oxygens (including phenoxy) is 8. The van der Waals surface area contributed by atoms with Gasteiger partial charge >= 0.3 is 5.97 Å². The lowest BCUT2D eigenvalue weighted by molar-refractivity contribution is -0.162. The summed E-state index contributed by atoms with van der Waals surface area (Å²) in [7, 11) is 7.75. The van der Waals surface area contributed by atoms with Crippen LogP contribution in [-0.4, -0.2) is 110 Å². The Morgan fingerprint density at radius 2 is 1.45 bits per heavy atom. The molecule has 69 heavy (non-hydrogen) atoms. The maximum atomic E-state index is 14.5. The number of hydrogen-bond donors (Lipinski definition) is 1. The van der Waals surface area contributed by atoms with Gasteiger partial charge in [-0.25, -0.2) is 4.79 Å². The SMILES string of the molecule is CC[C@H](C(=O)N1CCCC[C@H]1C(=O)O[C@H](CCc1ccc(OC)c(OC)c1)c1cccc(OCC(=O)NCC(Oc2ccc(-c3nnc(C)nn3)cc2)C(C)C)c1)c1cc(OC)c(OC)c(OC)c1. The van der Waals surface area contributed by atoms with Crippen LogP contribution in [0.1, 0.15) is 87.4 Å². The van der Waals surface area contributed by atoms with Crippen LogP contribution in [0.25, 0.3) is 11.4 Å². The van der Waals surface area contributed by atoms with Gasteiger partial charge in [0.1, 0.15) is 29.7 Å². The molecule has 1 saturated heterocycles. The molecule has 2 heterocycles. The van der Waals surface area contributed by atoms with E-state index in [1.165, 1.54) is 21.3 Å². The molecule has 1 aromatic heterocycles. The number of carbonyl (C=O) groups excluding carboxylic acids is 3. The minimum absolute atomic E-state index is 0.0728. The normalized spacial score (nSPS) is 14.8. The van der Waals surface area contributed by atoms with Gasteiger partial charge < -0.3 is 48.1 Å². The molecule has 0 aliphatic carbocycles. The van der Waals surface area contributed by atoms with E-state index in [1.54, 1.807) is 56.4 Å². The molecule has 1 aliphatic rings. The molecular formula is C52H64N6O11. The molecule has 4 atom stereocenters. The second-order valence-corrected chi connectivity index (χ2v) is 17.0. The van der Waals surface area contributed by atoms with Crippen LogP contribution in [0, 0.1) is 12.8 Å². The number of rotatable bonds is 23. The summed E-state index contributed by atoms with van der Waals surface area (Å²) in [5.41, 5.74) is 3.04. The summed E-state index contributed by atoms with van der Waals surface area (Å²) in [5.74, 6) is 2.88. The fourth-order valence-electron chi connectivity index (χ4n) is 8.23. The molecule has 1 unspecified atom stereocenters. The number of likely N-dealkylation sites (tertiary alicyclic amines) is 1. The quantitative estimate of drug-likeness (QED) is 0.0627. The Labute approximate surface area is 404 Å². The van der Waals surface area contributed by atoms with Crippen molar-refractivity contribution in [2.24, 2.45) is 5.92 Å². The van der Waals surface area contributed by atoms with Gasteiger partial charge in [-0.2, -0.15) is 0 Å². The highest BCUT2D eigenvalue weighted by molar-refractivity contribution is 5.89. The van der Waals surface area contributed by atoms with Crippen LogP contribution in [0.2, 0.25) is 0 Å². The zero-order chi connectivity index (χ0) is 49.5. The molecule has 1 fully saturated rings. The highest BCUT2D eigenvalue weighted by Crippen LogP contribution is 2.42. The first-order valence-electron chi connectivity index (χ1n) is 23.2. The van der Waals surface area contributed by atoms with Crippen LogP contribution in [-0.2, 0) is 25.5 Å². The lowest BCUT2D eigenvalue weighted by Gasteiger charge is -2.37. The summed E-state index contributed by atoms with van der Waals surface area (Å²) in [6, 6.07) is 22.9. The summed E-state index contributed by atoms with van der Waals surface area (Å²) in [5, 5.41) is 19.1. The molecule has 1 N–H and O–H groups in total. The van der Waals surface area contributed by atoms with Crippen LogP contribution < -0.4 is 38.5 Å². The summed E-state index contributed by atoms with van der Waals surface area (Å²) in [6.07, 6.45) is 2.25. The predicted molar refractivity (Wildman–Crippen MR) is 257 cm³/mol. The fourth-order valence-corrected chi connectivity index (χ4v) is 8.23. The van der Waals surface area contributed by atoms with E-state index in [1.807, 2.05) is 69.3 Å². The maximum Gasteiger partial charge on any atom is 0.329 e. The number of esters is 1. The van der Waals surface area contributed by atoms with Crippen molar-refractivity contribution in [3.05, 3.63) is 101 Å². The highest BCUT2D eigenvalue weighted by Gasteiger charge is 2.38. The molecule has 368 valence electrons. The third-order valence-electron chi connectivity index (χ3n) is 12.1. The molecule has 1 aliphatic heterocycles. The smallest absolute Gasteiger partial charge is 0.329 e. The second kappa shape index (κ2) is 24.7. The van der Waals surface area contributed by atoms with Crippen molar-refractivity contribution >= 4 is 17.8 Å². The number of nitrogens with zero attached hydrogens (tertiary/aromatic N) is 5. The molecule has 4 aromatic carbocycles. The van der Waals surface area contributed by atoms with Gasteiger partial charge in [0.25, 0.3) is 5.91 Å². The Morgan fingerprint density at radius 3 is 2.09 bits per heavy atom. The van der Waals surface area contributed by atoms with Crippen molar-refractivity contribution in [1.82, 2.24) is 30.6 Å². The van der Waals surface area contributed by atoms with Crippen LogP contribution >= 0.6 is 0 Å². The van der Waals surface area contributed by atoms with Crippen molar-refractivity contribution in [2.75, 3.05) is 55.2 Å². The zero-order valence-corrected chi connectivity index (χ0v) is 41.0. The summed E-state index contributed by atoms with van der Waals surface area (Å²) < 4.78 is 46.5. The number of carbonyl (C=O) groups is 3. The molecule has 5 aromatic rings. The van der Waals surface area contributed by atoms with Crippen LogP contribution in [0.4, 0.5) is 0 Å². The van der Waals surface area contributed by atoms with Crippen LogP contribution in [0.3, 0.4) is 0 Å². The first kappa shape index (κ1) is 51.2. The summed E-state index contributed by atoms with van der Waals surface area (Å²) >= 11 is 0. The van der Waals surface area contributed by atoms with E-state index in [2.05, 4.69) is 25.7 Å². The predicted octanol–water partition coefficient (Wildman–Crippen LogP) is 7.68. The maximum absolute atomic E-state index is 14.5. The molecule has 17 nitrogen and oxygen atoms in total. The number of hydrogen-bond acceptors (Lipinski definition) is 15. The van der Waals surface area contributed by atoms with Crippen molar-refractivity contribution in [3.63, 3.8) is 0 Å². The van der Waals surface area contributed by atoms with Crippen molar-refractivity contribution in [2.45, 2.75) is 90.4 Å². The van der Waals surface area contributed by atoms with Gasteiger partial charge in [-0.1, -0.05) is 39.0 Å². The van der Waals surface area contributed by atoms with E-state index >= 15 is 0 Å². The number of benzene rings is 4. The van der Waals surface area contributed by atoms with Crippen LogP contribution in [0.5, 0.6) is 40.2 Å². The Kier molecular flexibility index (Phi) is 18.4. The molecule has 6 rings (SSSR count). The number of methoxy groups -OCH3 is 5. The standard InChI is InChI=1S/C52H64N6O11/c1-10-40(37-28-45(64-7)49(66-9)46(29-37)65-8)51(60)58-25-12-11-16-41(58)52(61)69-42(23-17-34-18-24-43(62-5)44(26-34)63-6)36-14-13-15-39(27-36)67-31-48(59)53-30-47(32(2)3)68-38-21-19-35(20-22-38)50-56-54-33(4)55-57-50/h13-15,18-22,24,26-29,32,40-42,47H,10-12,16-17,23,25,30-31H2,1-9H3,(H,53,59)/t40-,41-,42+,47?/m0/s1. The van der Waals surface area contributed by atoms with E-state index < -0.39 is 24.0 Å². The topological polar surface area (TPSA) is 192 Å². The van der Waals surface area contributed by atoms with E-state index in [0.29, 0.717) is 95.3 Å². The Hall–Kier alpha value is -7.17. The number of aryl methyl sites for hydroxylation is 2. The molecule has 17 heteroatoms. The lowest BCUT2D eigenvalue weighted by Crippen LogP contribution is -2.50. The van der Waals surface area contributed by atoms with Gasteiger partial charge in [-0.3, -0.25) is 9.59 Å². The third kappa shape index (κ3) is 13.3. The molecular weight excluding hydrogens is 885 g/mol. The minimum atomic E-state index is -0.810. The average Bonchev–Trinajstić information content (AvgIpc) is 3.38. The highest BCUT2D eigenvalue weighted by atomic mass is 16.5. The second-order valence-electron chi connectivity index (χ2n) is 17.0. The number of piperidine rings is 1.